The zero-order valence-corrected chi connectivity index (χ0v) is 23.0. The van der Waals surface area contributed by atoms with Crippen molar-refractivity contribution < 1.29 is 25.2 Å². The maximum absolute atomic E-state index is 13.3. The summed E-state index contributed by atoms with van der Waals surface area (Å²) in [5, 5.41) is 0. The Labute approximate surface area is 224 Å². The first kappa shape index (κ1) is 23.9. The second-order valence-electron chi connectivity index (χ2n) is 12.6. The van der Waals surface area contributed by atoms with E-state index in [0.29, 0.717) is 47.3 Å². The molecule has 200 valence electrons. The van der Waals surface area contributed by atoms with Gasteiger partial charge in [0.1, 0.15) is 0 Å². The second-order valence-corrected chi connectivity index (χ2v) is 15.8. The Balaban J connectivity index is 1.09. The molecule has 0 spiro atoms. The van der Waals surface area contributed by atoms with Crippen LogP contribution in [-0.2, 0) is 28.6 Å². The summed E-state index contributed by atoms with van der Waals surface area (Å²) in [5.41, 5.74) is 2.01. The van der Waals surface area contributed by atoms with Gasteiger partial charge in [0.05, 0.1) is 22.0 Å². The minimum absolute atomic E-state index is 0.215. The monoisotopic (exact) mass is 552 g/mol. The van der Waals surface area contributed by atoms with Gasteiger partial charge in [0.25, 0.3) is 20.2 Å². The molecule has 0 amide bonds. The maximum Gasteiger partial charge on any atom is 0.297 e. The fourth-order valence-corrected chi connectivity index (χ4v) is 12.3. The van der Waals surface area contributed by atoms with Gasteiger partial charge in [0, 0.05) is 0 Å². The number of hydrogen-bond donors (Lipinski definition) is 0. The largest absolute Gasteiger partial charge is 0.297 e. The summed E-state index contributed by atoms with van der Waals surface area (Å²) in [5.74, 6) is 3.68. The lowest BCUT2D eigenvalue weighted by Crippen LogP contribution is -2.31. The molecule has 8 rings (SSSR count). The van der Waals surface area contributed by atoms with Crippen LogP contribution in [0.1, 0.15) is 24.0 Å². The molecule has 2 aromatic carbocycles. The topological polar surface area (TPSA) is 86.7 Å². The Kier molecular flexibility index (Phi) is 4.90. The minimum Gasteiger partial charge on any atom is -0.263 e. The van der Waals surface area contributed by atoms with Crippen LogP contribution in [0.3, 0.4) is 0 Å². The van der Waals surface area contributed by atoms with Gasteiger partial charge < -0.3 is 0 Å². The third kappa shape index (κ3) is 3.12. The average molecular weight is 553 g/mol. The number of fused-ring (bicyclic) bond motifs is 3. The lowest BCUT2D eigenvalue weighted by molar-refractivity contribution is 0.108. The van der Waals surface area contributed by atoms with Crippen molar-refractivity contribution in [3.8, 4) is 0 Å². The first-order valence-electron chi connectivity index (χ1n) is 13.8. The van der Waals surface area contributed by atoms with Gasteiger partial charge in [-0.2, -0.15) is 16.8 Å². The second kappa shape index (κ2) is 7.80. The van der Waals surface area contributed by atoms with Crippen molar-refractivity contribution in [3.63, 3.8) is 0 Å². The minimum atomic E-state index is -3.86. The molecule has 5 fully saturated rings. The van der Waals surface area contributed by atoms with Crippen LogP contribution in [0.2, 0.25) is 0 Å². The van der Waals surface area contributed by atoms with E-state index in [1.807, 2.05) is 13.8 Å². The van der Waals surface area contributed by atoms with Crippen LogP contribution in [0.5, 0.6) is 0 Å². The van der Waals surface area contributed by atoms with E-state index in [2.05, 4.69) is 12.2 Å². The molecule has 0 N–H and O–H groups in total. The Bertz CT molecular complexity index is 1430. The molecule has 0 bridgehead atoms. The highest BCUT2D eigenvalue weighted by atomic mass is 32.2. The molecule has 2 unspecified atom stereocenters. The van der Waals surface area contributed by atoms with Gasteiger partial charge >= 0.3 is 0 Å². The summed E-state index contributed by atoms with van der Waals surface area (Å²) in [7, 11) is -7.71. The van der Waals surface area contributed by atoms with Gasteiger partial charge in [-0.3, -0.25) is 8.37 Å². The third-order valence-corrected chi connectivity index (χ3v) is 13.8. The zero-order valence-electron chi connectivity index (χ0n) is 21.4. The van der Waals surface area contributed by atoms with Gasteiger partial charge in [-0.1, -0.05) is 47.5 Å². The molecule has 0 saturated heterocycles. The van der Waals surface area contributed by atoms with E-state index in [-0.39, 0.29) is 33.8 Å². The van der Waals surface area contributed by atoms with E-state index in [1.165, 1.54) is 0 Å². The van der Waals surface area contributed by atoms with Gasteiger partial charge in [0.2, 0.25) is 0 Å². The quantitative estimate of drug-likeness (QED) is 0.380. The Morgan fingerprint density at radius 3 is 1.34 bits per heavy atom. The summed E-state index contributed by atoms with van der Waals surface area (Å²) in [6.07, 6.45) is 5.39. The zero-order chi connectivity index (χ0) is 26.1. The molecular formula is C30H32O6S2. The van der Waals surface area contributed by atoms with Crippen LogP contribution in [0.15, 0.2) is 70.5 Å². The van der Waals surface area contributed by atoms with Crippen LogP contribution >= 0.6 is 0 Å². The van der Waals surface area contributed by atoms with Crippen LogP contribution in [0, 0.1) is 73.0 Å². The molecule has 12 atom stereocenters. The van der Waals surface area contributed by atoms with Crippen LogP contribution < -0.4 is 0 Å². The molecule has 6 nitrogen and oxygen atoms in total. The molecule has 2 aromatic rings. The highest BCUT2D eigenvalue weighted by molar-refractivity contribution is 7.87. The third-order valence-electron chi connectivity index (χ3n) is 11.1. The number of hydrogen-bond acceptors (Lipinski definition) is 6. The Morgan fingerprint density at radius 1 is 0.553 bits per heavy atom. The molecule has 0 aromatic heterocycles. The summed E-state index contributed by atoms with van der Waals surface area (Å²) in [6, 6.07) is 13.7. The Hall–Kier alpha value is -2.00. The van der Waals surface area contributed by atoms with Gasteiger partial charge in [-0.05, 0) is 110 Å². The lowest BCUT2D eigenvalue weighted by Gasteiger charge is -2.28. The fraction of sp³-hybridized carbons (Fsp3) is 0.533. The van der Waals surface area contributed by atoms with Crippen molar-refractivity contribution in [1.82, 2.24) is 0 Å². The van der Waals surface area contributed by atoms with Crippen molar-refractivity contribution in [2.24, 2.45) is 59.2 Å². The van der Waals surface area contributed by atoms with E-state index in [4.69, 9.17) is 8.37 Å². The maximum atomic E-state index is 13.3. The predicted molar refractivity (Wildman–Crippen MR) is 140 cm³/mol. The highest BCUT2D eigenvalue weighted by Crippen LogP contribution is 2.79. The standard InChI is InChI=1S/C30H32O6S2/c1-15-3-7-17(8-4-15)37(31,32)35-23-13-21-22-14-24(36-38(33,34)18-9-5-16(2)6-10-18)27-20-12-11-19-25(20)30(29(22)27)28(21)26(19)23/h3-12,19-30H,13-14H2,1-2H3/t19-,20-,21-,22+,23+,24-,25?,26+,27+,28-,29+,30?/m0/s1. The highest BCUT2D eigenvalue weighted by Gasteiger charge is 2.77. The van der Waals surface area contributed by atoms with E-state index < -0.39 is 20.2 Å². The van der Waals surface area contributed by atoms with Crippen molar-refractivity contribution in [2.45, 2.75) is 48.7 Å². The molecule has 0 aliphatic heterocycles. The van der Waals surface area contributed by atoms with Crippen LogP contribution in [0.4, 0.5) is 0 Å². The first-order valence-corrected chi connectivity index (χ1v) is 16.6. The molecule has 0 heterocycles. The summed E-state index contributed by atoms with van der Waals surface area (Å²) in [4.78, 5) is 0.429. The fourth-order valence-electron chi connectivity index (χ4n) is 10.1. The molecule has 5 saturated carbocycles. The van der Waals surface area contributed by atoms with Crippen molar-refractivity contribution >= 4 is 20.2 Å². The molecule has 6 aliphatic carbocycles. The molecule has 38 heavy (non-hydrogen) atoms. The molecular weight excluding hydrogens is 520 g/mol. The van der Waals surface area contributed by atoms with E-state index in [9.17, 15) is 16.8 Å². The van der Waals surface area contributed by atoms with Gasteiger partial charge in [-0.25, -0.2) is 0 Å². The van der Waals surface area contributed by atoms with Crippen LogP contribution in [0.25, 0.3) is 0 Å². The normalized spacial score (nSPS) is 43.3. The number of benzene rings is 2. The number of aryl methyl sites for hydroxylation is 2. The Morgan fingerprint density at radius 2 is 0.947 bits per heavy atom. The van der Waals surface area contributed by atoms with E-state index >= 15 is 0 Å². The van der Waals surface area contributed by atoms with Crippen molar-refractivity contribution in [2.75, 3.05) is 0 Å². The van der Waals surface area contributed by atoms with E-state index in [1.54, 1.807) is 48.5 Å². The van der Waals surface area contributed by atoms with Crippen LogP contribution in [-0.4, -0.2) is 29.0 Å². The summed E-state index contributed by atoms with van der Waals surface area (Å²) >= 11 is 0. The van der Waals surface area contributed by atoms with Gasteiger partial charge in [0.15, 0.2) is 0 Å². The van der Waals surface area contributed by atoms with E-state index in [0.717, 1.165) is 24.0 Å². The summed E-state index contributed by atoms with van der Waals surface area (Å²) < 4.78 is 65.1. The molecule has 6 aliphatic rings. The predicted octanol–water partition coefficient (Wildman–Crippen LogP) is 4.73. The first-order chi connectivity index (χ1) is 18.1. The van der Waals surface area contributed by atoms with Crippen molar-refractivity contribution in [3.05, 3.63) is 71.8 Å². The molecule has 0 radical (unpaired) electrons. The van der Waals surface area contributed by atoms with Gasteiger partial charge in [-0.15, -0.1) is 0 Å². The van der Waals surface area contributed by atoms with Crippen molar-refractivity contribution in [1.29, 1.82) is 0 Å². The number of allylic oxidation sites excluding steroid dienone is 2. The number of rotatable bonds is 6. The average Bonchev–Trinajstić information content (AvgIpc) is 3.65. The lowest BCUT2D eigenvalue weighted by atomic mass is 9.83. The molecule has 8 heteroatoms. The SMILES string of the molecule is Cc1ccc(S(=O)(=O)O[C@H]2C[C@@H]3[C@@H]4C[C@@H](OS(=O)(=O)c5ccc(C)cc5)[C@@H]5[C@H]4C4C6[C@H](C=C[C@@H]65)[C@H]2[C@H]43)cc1. The summed E-state index contributed by atoms with van der Waals surface area (Å²) in [6.45, 7) is 3.87. The smallest absolute Gasteiger partial charge is 0.263 e.